The van der Waals surface area contributed by atoms with Gasteiger partial charge in [-0.3, -0.25) is 4.79 Å². The highest BCUT2D eigenvalue weighted by atomic mass is 35.5. The van der Waals surface area contributed by atoms with Crippen molar-refractivity contribution in [2.24, 2.45) is 5.92 Å². The van der Waals surface area contributed by atoms with Crippen LogP contribution in [0.2, 0.25) is 10.0 Å². The molecule has 9 heteroatoms. The third-order valence-corrected chi connectivity index (χ3v) is 5.63. The van der Waals surface area contributed by atoms with Crippen LogP contribution >= 0.6 is 23.2 Å². The maximum Gasteiger partial charge on any atom is 0.230 e. The van der Waals surface area contributed by atoms with Crippen LogP contribution in [-0.2, 0) is 9.53 Å². The second kappa shape index (κ2) is 6.66. The maximum atomic E-state index is 12.9. The van der Waals surface area contributed by atoms with Gasteiger partial charge in [0.05, 0.1) is 34.3 Å². The van der Waals surface area contributed by atoms with Gasteiger partial charge >= 0.3 is 0 Å². The van der Waals surface area contributed by atoms with E-state index in [1.165, 1.54) is 0 Å². The number of rotatable bonds is 3. The number of halogens is 2. The van der Waals surface area contributed by atoms with Crippen molar-refractivity contribution in [3.8, 4) is 0 Å². The minimum Gasteiger partial charge on any atom is -0.390 e. The Hall–Kier alpha value is -1.93. The van der Waals surface area contributed by atoms with Crippen LogP contribution in [0.15, 0.2) is 30.6 Å². The summed E-state index contributed by atoms with van der Waals surface area (Å²) in [6, 6.07) is 4.88. The molecule has 0 saturated carbocycles. The van der Waals surface area contributed by atoms with Crippen LogP contribution in [0.5, 0.6) is 0 Å². The van der Waals surface area contributed by atoms with E-state index in [4.69, 9.17) is 33.7 Å². The molecule has 2 aliphatic rings. The first-order valence-corrected chi connectivity index (χ1v) is 8.86. The lowest BCUT2D eigenvalue weighted by Gasteiger charge is -2.29. The summed E-state index contributed by atoms with van der Waals surface area (Å²) in [6.45, 7) is 0. The molecule has 2 aromatic rings. The molecule has 4 N–H and O–H groups in total. The number of amides is 1. The molecule has 0 spiro atoms. The van der Waals surface area contributed by atoms with E-state index in [2.05, 4.69) is 15.3 Å². The van der Waals surface area contributed by atoms with Gasteiger partial charge in [-0.25, -0.2) is 9.97 Å². The molecular formula is C17H16Cl2N4O3. The fraction of sp³-hybridized carbons (Fsp3) is 0.353. The van der Waals surface area contributed by atoms with Gasteiger partial charge in [0.25, 0.3) is 0 Å². The van der Waals surface area contributed by atoms with Gasteiger partial charge in [-0.1, -0.05) is 23.2 Å². The number of fused-ring (bicyclic) bond motifs is 2. The fourth-order valence-electron chi connectivity index (χ4n) is 3.76. The summed E-state index contributed by atoms with van der Waals surface area (Å²) in [5, 5.41) is 13.8. The van der Waals surface area contributed by atoms with Crippen LogP contribution < -0.4 is 11.1 Å². The van der Waals surface area contributed by atoms with Crippen molar-refractivity contribution in [2.45, 2.75) is 30.7 Å². The van der Waals surface area contributed by atoms with Crippen molar-refractivity contribution < 1.29 is 14.6 Å². The predicted octanol–water partition coefficient (Wildman–Crippen LogP) is 2.24. The molecule has 26 heavy (non-hydrogen) atoms. The number of aromatic nitrogens is 2. The Balaban J connectivity index is 1.61. The number of aliphatic hydroxyl groups excluding tert-OH is 1. The third kappa shape index (κ3) is 3.01. The lowest BCUT2D eigenvalue weighted by atomic mass is 9.74. The van der Waals surface area contributed by atoms with Crippen molar-refractivity contribution in [1.29, 1.82) is 0 Å². The van der Waals surface area contributed by atoms with Crippen molar-refractivity contribution in [3.05, 3.63) is 46.2 Å². The zero-order chi connectivity index (χ0) is 18.4. The summed E-state index contributed by atoms with van der Waals surface area (Å²) in [5.74, 6) is -0.906. The minimum atomic E-state index is -0.628. The SMILES string of the molecule is Nc1ncc([C@H]2[C@H]3O[C@H](C[C@@H]3O)[C@@H]2C(=O)Nc2ccc(Cl)c(Cl)c2)cn1. The van der Waals surface area contributed by atoms with E-state index in [1.54, 1.807) is 30.6 Å². The second-order valence-electron chi connectivity index (χ2n) is 6.49. The number of aliphatic hydroxyl groups is 1. The zero-order valence-electron chi connectivity index (χ0n) is 13.5. The number of nitrogens with one attached hydrogen (secondary N) is 1. The summed E-state index contributed by atoms with van der Waals surface area (Å²) in [6.07, 6.45) is 2.08. The summed E-state index contributed by atoms with van der Waals surface area (Å²) >= 11 is 11.9. The molecule has 2 fully saturated rings. The number of ether oxygens (including phenoxy) is 1. The number of nitrogen functional groups attached to an aromatic ring is 1. The van der Waals surface area contributed by atoms with Crippen molar-refractivity contribution in [1.82, 2.24) is 9.97 Å². The Bertz CT molecular complexity index is 848. The molecule has 1 amide bonds. The first-order valence-electron chi connectivity index (χ1n) is 8.11. The van der Waals surface area contributed by atoms with E-state index < -0.39 is 18.1 Å². The molecule has 2 bridgehead atoms. The van der Waals surface area contributed by atoms with Gasteiger partial charge in [0.15, 0.2) is 0 Å². The van der Waals surface area contributed by atoms with Gasteiger partial charge in [-0.15, -0.1) is 0 Å². The van der Waals surface area contributed by atoms with Crippen LogP contribution in [0.1, 0.15) is 17.9 Å². The molecule has 0 aliphatic carbocycles. The second-order valence-corrected chi connectivity index (χ2v) is 7.30. The van der Waals surface area contributed by atoms with E-state index in [1.807, 2.05) is 0 Å². The van der Waals surface area contributed by atoms with E-state index in [0.29, 0.717) is 27.7 Å². The van der Waals surface area contributed by atoms with E-state index in [0.717, 1.165) is 0 Å². The molecule has 0 radical (unpaired) electrons. The Labute approximate surface area is 159 Å². The first-order chi connectivity index (χ1) is 12.4. The first kappa shape index (κ1) is 17.5. The van der Waals surface area contributed by atoms with Crippen LogP contribution in [0, 0.1) is 5.92 Å². The van der Waals surface area contributed by atoms with Gasteiger partial charge in [-0.05, 0) is 23.8 Å². The van der Waals surface area contributed by atoms with Crippen LogP contribution in [0.25, 0.3) is 0 Å². The van der Waals surface area contributed by atoms with Gasteiger partial charge in [0, 0.05) is 30.4 Å². The van der Waals surface area contributed by atoms with E-state index in [-0.39, 0.29) is 23.9 Å². The summed E-state index contributed by atoms with van der Waals surface area (Å²) in [5.41, 5.74) is 6.80. The molecule has 3 heterocycles. The molecule has 1 aromatic carbocycles. The maximum absolute atomic E-state index is 12.9. The highest BCUT2D eigenvalue weighted by molar-refractivity contribution is 6.42. The van der Waals surface area contributed by atoms with E-state index in [9.17, 15) is 9.90 Å². The average Bonchev–Trinajstić information content (AvgIpc) is 3.16. The van der Waals surface area contributed by atoms with Crippen LogP contribution in [0.3, 0.4) is 0 Å². The number of anilines is 2. The molecular weight excluding hydrogens is 379 g/mol. The third-order valence-electron chi connectivity index (χ3n) is 4.89. The lowest BCUT2D eigenvalue weighted by Crippen LogP contribution is -2.41. The standard InChI is InChI=1S/C17H16Cl2N4O3/c18-9-2-1-8(3-10(9)19)23-16(25)14-12-4-11(24)15(26-12)13(14)7-5-21-17(20)22-6-7/h1-3,5-6,11-15,24H,4H2,(H,23,25)(H2,20,21,22)/t11-,12+,13+,14-,15-/m0/s1. The Kier molecular flexibility index (Phi) is 4.48. The number of hydrogen-bond acceptors (Lipinski definition) is 6. The molecule has 2 saturated heterocycles. The Morgan fingerprint density at radius 3 is 2.69 bits per heavy atom. The summed E-state index contributed by atoms with van der Waals surface area (Å²) in [4.78, 5) is 20.9. The van der Waals surface area contributed by atoms with Crippen LogP contribution in [-0.4, -0.2) is 39.3 Å². The molecule has 2 aliphatic heterocycles. The highest BCUT2D eigenvalue weighted by Crippen LogP contribution is 2.49. The number of nitrogens with zero attached hydrogens (tertiary/aromatic N) is 2. The van der Waals surface area contributed by atoms with Crippen molar-refractivity contribution >= 4 is 40.7 Å². The van der Waals surface area contributed by atoms with E-state index >= 15 is 0 Å². The molecule has 0 unspecified atom stereocenters. The smallest absolute Gasteiger partial charge is 0.230 e. The summed E-state index contributed by atoms with van der Waals surface area (Å²) < 4.78 is 5.85. The molecule has 1 aromatic heterocycles. The Morgan fingerprint density at radius 2 is 2.00 bits per heavy atom. The number of nitrogens with two attached hydrogens (primary N) is 1. The van der Waals surface area contributed by atoms with Gasteiger partial charge in [0.2, 0.25) is 11.9 Å². The van der Waals surface area contributed by atoms with Gasteiger partial charge in [-0.2, -0.15) is 0 Å². The summed E-state index contributed by atoms with van der Waals surface area (Å²) in [7, 11) is 0. The fourth-order valence-corrected chi connectivity index (χ4v) is 4.06. The molecule has 5 atom stereocenters. The number of hydrogen-bond donors (Lipinski definition) is 3. The number of carbonyl (C=O) groups is 1. The van der Waals surface area contributed by atoms with Gasteiger partial charge < -0.3 is 20.9 Å². The van der Waals surface area contributed by atoms with Crippen molar-refractivity contribution in [2.75, 3.05) is 11.1 Å². The van der Waals surface area contributed by atoms with Gasteiger partial charge in [0.1, 0.15) is 0 Å². The molecule has 7 nitrogen and oxygen atoms in total. The number of carbonyl (C=O) groups excluding carboxylic acids is 1. The highest BCUT2D eigenvalue weighted by Gasteiger charge is 2.57. The molecule has 136 valence electrons. The Morgan fingerprint density at radius 1 is 1.27 bits per heavy atom. The van der Waals surface area contributed by atoms with Crippen LogP contribution in [0.4, 0.5) is 11.6 Å². The molecule has 4 rings (SSSR count). The predicted molar refractivity (Wildman–Crippen MR) is 97.1 cm³/mol. The monoisotopic (exact) mass is 394 g/mol. The topological polar surface area (TPSA) is 110 Å². The number of benzene rings is 1. The zero-order valence-corrected chi connectivity index (χ0v) is 15.0. The van der Waals surface area contributed by atoms with Crippen molar-refractivity contribution in [3.63, 3.8) is 0 Å². The lowest BCUT2D eigenvalue weighted by molar-refractivity contribution is -0.121. The quantitative estimate of drug-likeness (QED) is 0.735. The normalized spacial score (nSPS) is 29.7. The minimum absolute atomic E-state index is 0.148. The average molecular weight is 395 g/mol. The largest absolute Gasteiger partial charge is 0.390 e.